The summed E-state index contributed by atoms with van der Waals surface area (Å²) in [6.45, 7) is 6.64. The highest BCUT2D eigenvalue weighted by Gasteiger charge is 2.68. The van der Waals surface area contributed by atoms with Crippen LogP contribution in [0.5, 0.6) is 11.5 Å². The summed E-state index contributed by atoms with van der Waals surface area (Å²) in [4.78, 5) is 24.6. The van der Waals surface area contributed by atoms with Crippen LogP contribution in [0.15, 0.2) is 29.5 Å². The van der Waals surface area contributed by atoms with E-state index in [2.05, 4.69) is 13.8 Å². The summed E-state index contributed by atoms with van der Waals surface area (Å²) in [5, 5.41) is 0. The Hall–Kier alpha value is -2.29. The van der Waals surface area contributed by atoms with Gasteiger partial charge in [-0.25, -0.2) is 14.6 Å². The predicted molar refractivity (Wildman–Crippen MR) is 126 cm³/mol. The van der Waals surface area contributed by atoms with Gasteiger partial charge >= 0.3 is 5.97 Å². The van der Waals surface area contributed by atoms with Crippen LogP contribution in [0.2, 0.25) is 0 Å². The first-order valence-corrected chi connectivity index (χ1v) is 12.6. The van der Waals surface area contributed by atoms with Crippen LogP contribution in [0.25, 0.3) is 0 Å². The Morgan fingerprint density at radius 3 is 2.54 bits per heavy atom. The largest absolute Gasteiger partial charge is 0.497 e. The van der Waals surface area contributed by atoms with Gasteiger partial charge in [0.2, 0.25) is 12.1 Å². The van der Waals surface area contributed by atoms with Crippen LogP contribution in [0, 0.1) is 17.8 Å². The van der Waals surface area contributed by atoms with E-state index in [0.29, 0.717) is 41.7 Å². The van der Waals surface area contributed by atoms with Crippen LogP contribution in [-0.2, 0) is 24.0 Å². The van der Waals surface area contributed by atoms with Crippen LogP contribution in [0.3, 0.4) is 0 Å². The van der Waals surface area contributed by atoms with Crippen molar-refractivity contribution in [1.82, 2.24) is 0 Å². The lowest BCUT2D eigenvalue weighted by molar-refractivity contribution is -0.556. The molecule has 4 aliphatic heterocycles. The molecule has 1 aromatic carbocycles. The topological polar surface area (TPSA) is 81.7 Å². The highest BCUT2D eigenvalue weighted by Crippen LogP contribution is 2.60. The van der Waals surface area contributed by atoms with Gasteiger partial charge in [-0.1, -0.05) is 6.92 Å². The Kier molecular flexibility index (Phi) is 6.48. The summed E-state index contributed by atoms with van der Waals surface area (Å²) in [7, 11) is 3.09. The molecule has 1 spiro atoms. The van der Waals surface area contributed by atoms with Crippen molar-refractivity contribution >= 4 is 5.97 Å². The number of methoxy groups -OCH3 is 2. The lowest BCUT2D eigenvalue weighted by atomic mass is 9.59. The molecule has 4 heterocycles. The average molecular weight is 489 g/mol. The molecule has 3 saturated heterocycles. The van der Waals surface area contributed by atoms with Gasteiger partial charge in [-0.15, -0.1) is 0 Å². The Labute approximate surface area is 206 Å². The first-order chi connectivity index (χ1) is 16.8. The van der Waals surface area contributed by atoms with E-state index < -0.39 is 23.6 Å². The number of ether oxygens (including phenoxy) is 5. The molecule has 8 heteroatoms. The third-order valence-corrected chi connectivity index (χ3v) is 8.30. The number of carbonyl (C=O) groups excluding carboxylic acids is 1. The molecule has 0 N–H and O–H groups in total. The van der Waals surface area contributed by atoms with Crippen molar-refractivity contribution in [3.63, 3.8) is 0 Å². The van der Waals surface area contributed by atoms with E-state index in [1.807, 2.05) is 6.92 Å². The predicted octanol–water partition coefficient (Wildman–Crippen LogP) is 5.16. The van der Waals surface area contributed by atoms with Crippen molar-refractivity contribution in [2.45, 2.75) is 77.0 Å². The number of allylic oxidation sites excluding steroid dienone is 1. The first kappa shape index (κ1) is 24.4. The number of esters is 1. The van der Waals surface area contributed by atoms with Crippen LogP contribution in [0.4, 0.5) is 0 Å². The number of hydrogen-bond donors (Lipinski definition) is 0. The van der Waals surface area contributed by atoms with Crippen LogP contribution in [-0.4, -0.2) is 44.5 Å². The fourth-order valence-corrected chi connectivity index (χ4v) is 6.33. The molecule has 6 atom stereocenters. The van der Waals surface area contributed by atoms with Gasteiger partial charge in [-0.3, -0.25) is 0 Å². The number of fused-ring (bicyclic) bond motifs is 2. The number of carbonyl (C=O) groups is 1. The van der Waals surface area contributed by atoms with Crippen molar-refractivity contribution in [3.8, 4) is 11.5 Å². The minimum Gasteiger partial charge on any atom is -0.497 e. The summed E-state index contributed by atoms with van der Waals surface area (Å²) in [6, 6.07) is 5.00. The molecule has 0 aromatic heterocycles. The van der Waals surface area contributed by atoms with Crippen molar-refractivity contribution in [2.24, 2.45) is 17.8 Å². The third kappa shape index (κ3) is 4.19. The molecule has 8 nitrogen and oxygen atoms in total. The fourth-order valence-electron chi connectivity index (χ4n) is 6.33. The quantitative estimate of drug-likeness (QED) is 0.296. The number of rotatable bonds is 7. The molecule has 1 aliphatic carbocycles. The maximum absolute atomic E-state index is 12.6. The first-order valence-electron chi connectivity index (χ1n) is 12.6. The highest BCUT2D eigenvalue weighted by molar-refractivity contribution is 5.90. The van der Waals surface area contributed by atoms with Crippen molar-refractivity contribution in [1.29, 1.82) is 0 Å². The molecule has 0 radical (unpaired) electrons. The van der Waals surface area contributed by atoms with E-state index in [4.69, 9.17) is 33.5 Å². The zero-order valence-electron chi connectivity index (χ0n) is 21.3. The Bertz CT molecular complexity index is 983. The smallest absolute Gasteiger partial charge is 0.338 e. The second kappa shape index (κ2) is 9.30. The lowest BCUT2D eigenvalue weighted by Crippen LogP contribution is -2.66. The van der Waals surface area contributed by atoms with E-state index in [-0.39, 0.29) is 12.5 Å². The fraction of sp³-hybridized carbons (Fsp3) is 0.667. The maximum atomic E-state index is 12.6. The number of benzene rings is 1. The molecule has 0 amide bonds. The van der Waals surface area contributed by atoms with Gasteiger partial charge in [0.15, 0.2) is 5.60 Å². The van der Waals surface area contributed by atoms with E-state index in [1.54, 1.807) is 32.4 Å². The molecule has 192 valence electrons. The second-order valence-electron chi connectivity index (χ2n) is 10.4. The van der Waals surface area contributed by atoms with Crippen LogP contribution >= 0.6 is 0 Å². The Morgan fingerprint density at radius 2 is 1.83 bits per heavy atom. The lowest BCUT2D eigenvalue weighted by Gasteiger charge is -2.57. The monoisotopic (exact) mass is 488 g/mol. The second-order valence-corrected chi connectivity index (χ2v) is 10.4. The Morgan fingerprint density at radius 1 is 1.09 bits per heavy atom. The maximum Gasteiger partial charge on any atom is 0.338 e. The van der Waals surface area contributed by atoms with E-state index in [1.165, 1.54) is 5.57 Å². The minimum atomic E-state index is -0.790. The SMILES string of the molecule is COc1cc(OC)cc(C(=O)OCCCC2=C(C)[C@@H]3CC[C@@H](C)[C@@H]4CC[C@]5(C)OO[C@@]34C(O2)O5)c1. The van der Waals surface area contributed by atoms with Crippen molar-refractivity contribution < 1.29 is 38.3 Å². The normalized spacial score (nSPS) is 35.6. The summed E-state index contributed by atoms with van der Waals surface area (Å²) in [5.74, 6) is 1.83. The molecule has 1 saturated carbocycles. The molecule has 5 aliphatic rings. The van der Waals surface area contributed by atoms with E-state index >= 15 is 0 Å². The van der Waals surface area contributed by atoms with Crippen molar-refractivity contribution in [2.75, 3.05) is 20.8 Å². The molecule has 35 heavy (non-hydrogen) atoms. The Balaban J connectivity index is 1.26. The summed E-state index contributed by atoms with van der Waals surface area (Å²) < 4.78 is 28.9. The van der Waals surface area contributed by atoms with E-state index in [9.17, 15) is 4.79 Å². The van der Waals surface area contributed by atoms with Crippen LogP contribution in [0.1, 0.15) is 69.7 Å². The van der Waals surface area contributed by atoms with Gasteiger partial charge in [0, 0.05) is 30.7 Å². The standard InChI is InChI=1S/C27H36O8/c1-16-8-9-22-17(2)23(32-25-27(22)21(16)10-11-26(3,33-25)34-35-27)7-6-12-31-24(28)18-13-19(29-4)15-20(14-18)30-5/h13-16,21-22,25H,6-12H2,1-5H3/t16-,21+,22+,25?,26+,27-/m1/s1. The third-order valence-electron chi connectivity index (χ3n) is 8.30. The summed E-state index contributed by atoms with van der Waals surface area (Å²) in [5.41, 5.74) is 0.988. The molecular weight excluding hydrogens is 452 g/mol. The highest BCUT2D eigenvalue weighted by atomic mass is 17.3. The van der Waals surface area contributed by atoms with Crippen molar-refractivity contribution in [3.05, 3.63) is 35.1 Å². The van der Waals surface area contributed by atoms with Gasteiger partial charge in [0.05, 0.1) is 32.1 Å². The molecule has 1 aromatic rings. The van der Waals surface area contributed by atoms with Gasteiger partial charge in [-0.2, -0.15) is 0 Å². The average Bonchev–Trinajstić information content (AvgIpc) is 3.09. The molecule has 6 rings (SSSR count). The molecular formula is C27H36O8. The minimum absolute atomic E-state index is 0.187. The zero-order valence-corrected chi connectivity index (χ0v) is 21.3. The van der Waals surface area contributed by atoms with Gasteiger partial charge in [-0.05, 0) is 63.2 Å². The van der Waals surface area contributed by atoms with Gasteiger partial charge in [0.1, 0.15) is 11.5 Å². The summed E-state index contributed by atoms with van der Waals surface area (Å²) in [6.07, 6.45) is 4.76. The van der Waals surface area contributed by atoms with E-state index in [0.717, 1.165) is 31.4 Å². The zero-order chi connectivity index (χ0) is 24.8. The molecule has 1 unspecified atom stereocenters. The molecule has 2 bridgehead atoms. The van der Waals surface area contributed by atoms with Gasteiger partial charge in [0.25, 0.3) is 0 Å². The summed E-state index contributed by atoms with van der Waals surface area (Å²) >= 11 is 0. The number of hydrogen-bond acceptors (Lipinski definition) is 8. The van der Waals surface area contributed by atoms with Gasteiger partial charge < -0.3 is 23.7 Å². The van der Waals surface area contributed by atoms with Crippen LogP contribution < -0.4 is 9.47 Å². The molecule has 4 fully saturated rings.